The third-order valence-electron chi connectivity index (χ3n) is 2.77. The van der Waals surface area contributed by atoms with Gasteiger partial charge in [0.25, 0.3) is 5.91 Å². The lowest BCUT2D eigenvalue weighted by molar-refractivity contribution is 0.102. The number of hydrogen-bond donors (Lipinski definition) is 2. The first-order chi connectivity index (χ1) is 10.0. The Hall–Kier alpha value is -1.60. The Kier molecular flexibility index (Phi) is 5.19. The first kappa shape index (κ1) is 15.8. The average Bonchev–Trinajstić information content (AvgIpc) is 2.50. The van der Waals surface area contributed by atoms with Gasteiger partial charge in [-0.2, -0.15) is 0 Å². The first-order valence-electron chi connectivity index (χ1n) is 6.03. The smallest absolute Gasteiger partial charge is 0.255 e. The molecule has 0 radical (unpaired) electrons. The molecule has 1 aromatic carbocycles. The van der Waals surface area contributed by atoms with Crippen molar-refractivity contribution in [3.63, 3.8) is 0 Å². The molecular formula is C14H13Br2N3O2. The summed E-state index contributed by atoms with van der Waals surface area (Å²) in [5, 5.41) is 5.73. The number of methoxy groups -OCH3 is 1. The number of hydrogen-bond acceptors (Lipinski definition) is 4. The normalized spacial score (nSPS) is 10.1. The van der Waals surface area contributed by atoms with Crippen LogP contribution in [0.1, 0.15) is 10.4 Å². The zero-order valence-electron chi connectivity index (χ0n) is 11.4. The minimum atomic E-state index is -0.223. The van der Waals surface area contributed by atoms with Crippen LogP contribution in [-0.4, -0.2) is 25.0 Å². The quantitative estimate of drug-likeness (QED) is 0.796. The zero-order valence-corrected chi connectivity index (χ0v) is 14.6. The van der Waals surface area contributed by atoms with Gasteiger partial charge in [0, 0.05) is 29.3 Å². The van der Waals surface area contributed by atoms with Crippen LogP contribution in [0.3, 0.4) is 0 Å². The van der Waals surface area contributed by atoms with Gasteiger partial charge >= 0.3 is 0 Å². The Morgan fingerprint density at radius 1 is 1.24 bits per heavy atom. The lowest BCUT2D eigenvalue weighted by Crippen LogP contribution is -2.13. The first-order valence-corrected chi connectivity index (χ1v) is 7.62. The molecule has 0 aliphatic heterocycles. The number of benzene rings is 1. The second-order valence-corrected chi connectivity index (χ2v) is 5.81. The number of pyridine rings is 1. The SMILES string of the molecule is CNc1cc(C(=O)Nc2cc(OC)c(Br)cc2Br)ccn1. The molecule has 0 saturated heterocycles. The molecule has 110 valence electrons. The molecule has 21 heavy (non-hydrogen) atoms. The summed E-state index contributed by atoms with van der Waals surface area (Å²) in [4.78, 5) is 16.4. The molecule has 2 N–H and O–H groups in total. The largest absolute Gasteiger partial charge is 0.495 e. The van der Waals surface area contributed by atoms with Crippen LogP contribution in [-0.2, 0) is 0 Å². The lowest BCUT2D eigenvalue weighted by Gasteiger charge is -2.11. The summed E-state index contributed by atoms with van der Waals surface area (Å²) < 4.78 is 6.78. The van der Waals surface area contributed by atoms with Gasteiger partial charge in [-0.3, -0.25) is 4.79 Å². The second-order valence-electron chi connectivity index (χ2n) is 4.10. The van der Waals surface area contributed by atoms with Crippen LogP contribution in [0.15, 0.2) is 39.4 Å². The van der Waals surface area contributed by atoms with Crippen molar-refractivity contribution in [3.8, 4) is 5.75 Å². The molecule has 0 spiro atoms. The summed E-state index contributed by atoms with van der Waals surface area (Å²) in [7, 11) is 3.32. The number of amides is 1. The fourth-order valence-corrected chi connectivity index (χ4v) is 2.94. The highest BCUT2D eigenvalue weighted by atomic mass is 79.9. The third-order valence-corrected chi connectivity index (χ3v) is 4.04. The van der Waals surface area contributed by atoms with E-state index >= 15 is 0 Å². The van der Waals surface area contributed by atoms with Gasteiger partial charge in [-0.1, -0.05) is 0 Å². The predicted molar refractivity (Wildman–Crippen MR) is 90.1 cm³/mol. The van der Waals surface area contributed by atoms with Crippen molar-refractivity contribution >= 4 is 49.3 Å². The van der Waals surface area contributed by atoms with Crippen LogP contribution in [0.2, 0.25) is 0 Å². The molecule has 0 fully saturated rings. The molecule has 1 aromatic heterocycles. The number of nitrogens with zero attached hydrogens (tertiary/aromatic N) is 1. The molecule has 2 aromatic rings. The predicted octanol–water partition coefficient (Wildman–Crippen LogP) is 3.91. The third kappa shape index (κ3) is 3.74. The van der Waals surface area contributed by atoms with Crippen LogP contribution >= 0.6 is 31.9 Å². The number of ether oxygens (including phenoxy) is 1. The molecule has 1 heterocycles. The highest BCUT2D eigenvalue weighted by molar-refractivity contribution is 9.11. The van der Waals surface area contributed by atoms with Crippen LogP contribution < -0.4 is 15.4 Å². The molecule has 7 heteroatoms. The van der Waals surface area contributed by atoms with E-state index in [1.165, 1.54) is 0 Å². The average molecular weight is 415 g/mol. The number of carbonyl (C=O) groups is 1. The Morgan fingerprint density at radius 3 is 2.67 bits per heavy atom. The van der Waals surface area contributed by atoms with Gasteiger partial charge < -0.3 is 15.4 Å². The maximum Gasteiger partial charge on any atom is 0.255 e. The second kappa shape index (κ2) is 6.91. The van der Waals surface area contributed by atoms with E-state index in [0.29, 0.717) is 22.8 Å². The van der Waals surface area contributed by atoms with Crippen molar-refractivity contribution in [1.29, 1.82) is 0 Å². The topological polar surface area (TPSA) is 63.2 Å². The lowest BCUT2D eigenvalue weighted by atomic mass is 10.2. The van der Waals surface area contributed by atoms with Crippen molar-refractivity contribution in [1.82, 2.24) is 4.98 Å². The summed E-state index contributed by atoms with van der Waals surface area (Å²) in [6.45, 7) is 0. The molecule has 0 aliphatic rings. The number of nitrogens with one attached hydrogen (secondary N) is 2. The molecule has 5 nitrogen and oxygen atoms in total. The minimum absolute atomic E-state index is 0.223. The van der Waals surface area contributed by atoms with E-state index in [0.717, 1.165) is 8.95 Å². The highest BCUT2D eigenvalue weighted by Crippen LogP contribution is 2.34. The van der Waals surface area contributed by atoms with Gasteiger partial charge in [-0.25, -0.2) is 4.98 Å². The molecule has 0 aliphatic carbocycles. The van der Waals surface area contributed by atoms with Gasteiger partial charge in [-0.05, 0) is 50.1 Å². The van der Waals surface area contributed by atoms with Crippen LogP contribution in [0.5, 0.6) is 5.75 Å². The Morgan fingerprint density at radius 2 is 2.00 bits per heavy atom. The fraction of sp³-hybridized carbons (Fsp3) is 0.143. The summed E-state index contributed by atoms with van der Waals surface area (Å²) in [6, 6.07) is 6.89. The van der Waals surface area contributed by atoms with Crippen molar-refractivity contribution in [3.05, 3.63) is 45.0 Å². The number of anilines is 2. The van der Waals surface area contributed by atoms with Crippen molar-refractivity contribution in [2.45, 2.75) is 0 Å². The van der Waals surface area contributed by atoms with Crippen LogP contribution in [0, 0.1) is 0 Å². The van der Waals surface area contributed by atoms with Crippen molar-refractivity contribution in [2.75, 3.05) is 24.8 Å². The van der Waals surface area contributed by atoms with Gasteiger partial charge in [-0.15, -0.1) is 0 Å². The molecule has 1 amide bonds. The van der Waals surface area contributed by atoms with Crippen LogP contribution in [0.4, 0.5) is 11.5 Å². The molecule has 0 bridgehead atoms. The maximum absolute atomic E-state index is 12.3. The van der Waals surface area contributed by atoms with Gasteiger partial charge in [0.2, 0.25) is 0 Å². The Balaban J connectivity index is 2.26. The molecule has 0 unspecified atom stereocenters. The number of aromatic nitrogens is 1. The fourth-order valence-electron chi connectivity index (χ4n) is 1.68. The molecule has 0 atom stereocenters. The van der Waals surface area contributed by atoms with E-state index in [1.807, 2.05) is 6.07 Å². The van der Waals surface area contributed by atoms with E-state index < -0.39 is 0 Å². The molecule has 2 rings (SSSR count). The Labute approximate surface area is 139 Å². The standard InChI is InChI=1S/C14H13Br2N3O2/c1-17-13-5-8(3-4-18-13)14(20)19-11-7-12(21-2)10(16)6-9(11)15/h3-7H,1-2H3,(H,17,18)(H,19,20). The van der Waals surface area contributed by atoms with E-state index in [-0.39, 0.29) is 5.91 Å². The van der Waals surface area contributed by atoms with E-state index in [1.54, 1.807) is 38.6 Å². The number of rotatable bonds is 4. The summed E-state index contributed by atoms with van der Waals surface area (Å²) >= 11 is 6.80. The van der Waals surface area contributed by atoms with E-state index in [4.69, 9.17) is 4.74 Å². The van der Waals surface area contributed by atoms with Gasteiger partial charge in [0.15, 0.2) is 0 Å². The molecule has 0 saturated carbocycles. The number of carbonyl (C=O) groups excluding carboxylic acids is 1. The van der Waals surface area contributed by atoms with Crippen molar-refractivity contribution < 1.29 is 9.53 Å². The number of halogens is 2. The van der Waals surface area contributed by atoms with Crippen molar-refractivity contribution in [2.24, 2.45) is 0 Å². The van der Waals surface area contributed by atoms with E-state index in [2.05, 4.69) is 47.5 Å². The van der Waals surface area contributed by atoms with E-state index in [9.17, 15) is 4.79 Å². The maximum atomic E-state index is 12.3. The molecular weight excluding hydrogens is 402 g/mol. The minimum Gasteiger partial charge on any atom is -0.495 e. The summed E-state index contributed by atoms with van der Waals surface area (Å²) in [6.07, 6.45) is 1.58. The highest BCUT2D eigenvalue weighted by Gasteiger charge is 2.12. The Bertz CT molecular complexity index is 677. The summed E-state index contributed by atoms with van der Waals surface area (Å²) in [5.74, 6) is 1.05. The van der Waals surface area contributed by atoms with Gasteiger partial charge in [0.1, 0.15) is 11.6 Å². The monoisotopic (exact) mass is 413 g/mol. The van der Waals surface area contributed by atoms with Crippen LogP contribution in [0.25, 0.3) is 0 Å². The summed E-state index contributed by atoms with van der Waals surface area (Å²) in [5.41, 5.74) is 1.14. The van der Waals surface area contributed by atoms with Gasteiger partial charge in [0.05, 0.1) is 17.3 Å². The zero-order chi connectivity index (χ0) is 15.4.